The first-order valence-corrected chi connectivity index (χ1v) is 12.5. The van der Waals surface area contributed by atoms with E-state index in [0.717, 1.165) is 18.4 Å². The number of likely N-dealkylation sites (N-methyl/N-ethyl adjacent to an activating group) is 1. The van der Waals surface area contributed by atoms with Crippen molar-refractivity contribution in [1.29, 1.82) is 0 Å². The minimum absolute atomic E-state index is 0.00884. The van der Waals surface area contributed by atoms with E-state index in [1.165, 1.54) is 10.9 Å². The SMILES string of the molecule is CCNC(=O)[C@H]1O[C@@H](n2cnc3c(N)nc(C#CCN(C(=O)Cc4ccccc4)C4CC4)nc32)[C@H](O)C1O. The van der Waals surface area contributed by atoms with Gasteiger partial charge in [-0.05, 0) is 31.2 Å². The van der Waals surface area contributed by atoms with Crippen LogP contribution in [0.1, 0.15) is 37.4 Å². The van der Waals surface area contributed by atoms with Crippen molar-refractivity contribution in [2.24, 2.45) is 0 Å². The van der Waals surface area contributed by atoms with E-state index in [1.807, 2.05) is 30.3 Å². The van der Waals surface area contributed by atoms with Crippen molar-refractivity contribution in [3.05, 3.63) is 48.0 Å². The Morgan fingerprint density at radius 1 is 1.21 bits per heavy atom. The molecule has 1 saturated heterocycles. The van der Waals surface area contributed by atoms with Crippen molar-refractivity contribution >= 4 is 28.8 Å². The molecule has 3 heterocycles. The van der Waals surface area contributed by atoms with E-state index in [2.05, 4.69) is 32.1 Å². The normalized spacial score (nSPS) is 22.6. The molecule has 2 fully saturated rings. The highest BCUT2D eigenvalue weighted by molar-refractivity contribution is 5.83. The molecule has 2 aromatic heterocycles. The van der Waals surface area contributed by atoms with Gasteiger partial charge in [0.15, 0.2) is 23.8 Å². The number of hydrogen-bond acceptors (Lipinski definition) is 9. The van der Waals surface area contributed by atoms with Gasteiger partial charge in [-0.15, -0.1) is 0 Å². The fraction of sp³-hybridized carbons (Fsp3) is 0.423. The van der Waals surface area contributed by atoms with E-state index < -0.39 is 30.4 Å². The van der Waals surface area contributed by atoms with Gasteiger partial charge in [0.1, 0.15) is 17.7 Å². The lowest BCUT2D eigenvalue weighted by Crippen LogP contribution is -2.42. The van der Waals surface area contributed by atoms with Gasteiger partial charge in [-0.2, -0.15) is 0 Å². The zero-order valence-corrected chi connectivity index (χ0v) is 20.8. The lowest BCUT2D eigenvalue weighted by atomic mass is 10.1. The highest BCUT2D eigenvalue weighted by atomic mass is 16.6. The fourth-order valence-electron chi connectivity index (χ4n) is 4.44. The number of amides is 2. The van der Waals surface area contributed by atoms with Crippen LogP contribution in [-0.2, 0) is 20.7 Å². The summed E-state index contributed by atoms with van der Waals surface area (Å²) >= 11 is 0. The molecule has 1 aromatic carbocycles. The Hall–Kier alpha value is -4.05. The van der Waals surface area contributed by atoms with E-state index in [-0.39, 0.29) is 41.3 Å². The number of carbonyl (C=O) groups is 2. The van der Waals surface area contributed by atoms with E-state index >= 15 is 0 Å². The van der Waals surface area contributed by atoms with Crippen LogP contribution in [0, 0.1) is 11.8 Å². The second kappa shape index (κ2) is 10.7. The molecule has 5 rings (SSSR count). The van der Waals surface area contributed by atoms with Gasteiger partial charge in [-0.1, -0.05) is 36.3 Å². The number of benzene rings is 1. The van der Waals surface area contributed by atoms with Crippen molar-refractivity contribution in [3.8, 4) is 11.8 Å². The number of rotatable bonds is 7. The second-order valence-electron chi connectivity index (χ2n) is 9.30. The van der Waals surface area contributed by atoms with Crippen LogP contribution in [0.3, 0.4) is 0 Å². The highest BCUT2D eigenvalue weighted by Gasteiger charge is 2.47. The molecule has 5 N–H and O–H groups in total. The molecular formula is C26H29N7O5. The second-order valence-corrected chi connectivity index (χ2v) is 9.30. The first-order valence-electron chi connectivity index (χ1n) is 12.5. The van der Waals surface area contributed by atoms with Gasteiger partial charge in [-0.3, -0.25) is 14.2 Å². The molecular weight excluding hydrogens is 490 g/mol. The number of imidazole rings is 1. The van der Waals surface area contributed by atoms with Gasteiger partial charge in [0.25, 0.3) is 5.91 Å². The Balaban J connectivity index is 1.35. The number of aromatic nitrogens is 4. The summed E-state index contributed by atoms with van der Waals surface area (Å²) in [5.74, 6) is 5.52. The number of ether oxygens (including phenoxy) is 1. The predicted octanol–water partition coefficient (Wildman–Crippen LogP) is -0.251. The third-order valence-corrected chi connectivity index (χ3v) is 6.53. The van der Waals surface area contributed by atoms with Crippen LogP contribution in [0.2, 0.25) is 0 Å². The van der Waals surface area contributed by atoms with Crippen LogP contribution in [0.4, 0.5) is 5.82 Å². The van der Waals surface area contributed by atoms with Crippen molar-refractivity contribution in [2.75, 3.05) is 18.8 Å². The van der Waals surface area contributed by atoms with Crippen LogP contribution in [-0.4, -0.2) is 83.9 Å². The third-order valence-electron chi connectivity index (χ3n) is 6.53. The van der Waals surface area contributed by atoms with Crippen LogP contribution < -0.4 is 11.1 Å². The Kier molecular flexibility index (Phi) is 7.24. The fourth-order valence-corrected chi connectivity index (χ4v) is 4.44. The number of hydrogen-bond donors (Lipinski definition) is 4. The molecule has 1 saturated carbocycles. The van der Waals surface area contributed by atoms with Crippen LogP contribution in [0.15, 0.2) is 36.7 Å². The minimum Gasteiger partial charge on any atom is -0.387 e. The zero-order chi connectivity index (χ0) is 26.8. The van der Waals surface area contributed by atoms with Crippen LogP contribution >= 0.6 is 0 Å². The maximum atomic E-state index is 12.9. The van der Waals surface area contributed by atoms with Gasteiger partial charge in [-0.25, -0.2) is 15.0 Å². The van der Waals surface area contributed by atoms with Crippen LogP contribution in [0.5, 0.6) is 0 Å². The smallest absolute Gasteiger partial charge is 0.252 e. The maximum Gasteiger partial charge on any atom is 0.252 e. The average molecular weight is 520 g/mol. The maximum absolute atomic E-state index is 12.9. The Morgan fingerprint density at radius 3 is 2.68 bits per heavy atom. The number of nitrogens with one attached hydrogen (secondary N) is 1. The lowest BCUT2D eigenvalue weighted by molar-refractivity contribution is -0.137. The number of nitrogens with two attached hydrogens (primary N) is 1. The molecule has 1 aliphatic heterocycles. The molecule has 0 radical (unpaired) electrons. The van der Waals surface area contributed by atoms with Gasteiger partial charge in [0.05, 0.1) is 19.3 Å². The van der Waals surface area contributed by atoms with Crippen molar-refractivity contribution in [3.63, 3.8) is 0 Å². The molecule has 1 unspecified atom stereocenters. The van der Waals surface area contributed by atoms with Gasteiger partial charge < -0.3 is 30.9 Å². The molecule has 12 nitrogen and oxygen atoms in total. The highest BCUT2D eigenvalue weighted by Crippen LogP contribution is 2.32. The largest absolute Gasteiger partial charge is 0.387 e. The molecule has 2 aliphatic rings. The molecule has 198 valence electrons. The summed E-state index contributed by atoms with van der Waals surface area (Å²) in [6.45, 7) is 2.31. The monoisotopic (exact) mass is 519 g/mol. The van der Waals surface area contributed by atoms with Crippen molar-refractivity contribution < 1.29 is 24.5 Å². The first-order chi connectivity index (χ1) is 18.4. The Morgan fingerprint density at radius 2 is 1.97 bits per heavy atom. The molecule has 3 aromatic rings. The molecule has 12 heteroatoms. The van der Waals surface area contributed by atoms with E-state index in [4.69, 9.17) is 10.5 Å². The third kappa shape index (κ3) is 5.17. The number of aliphatic hydroxyl groups is 2. The summed E-state index contributed by atoms with van der Waals surface area (Å²) in [5.41, 5.74) is 7.53. The Labute approximate surface area is 218 Å². The van der Waals surface area contributed by atoms with E-state index in [0.29, 0.717) is 13.0 Å². The van der Waals surface area contributed by atoms with E-state index in [9.17, 15) is 19.8 Å². The summed E-state index contributed by atoms with van der Waals surface area (Å²) < 4.78 is 7.08. The average Bonchev–Trinajstić information content (AvgIpc) is 3.58. The first kappa shape index (κ1) is 25.6. The molecule has 38 heavy (non-hydrogen) atoms. The number of nitrogens with zero attached hydrogens (tertiary/aromatic N) is 5. The Bertz CT molecular complexity index is 1400. The van der Waals surface area contributed by atoms with Gasteiger partial charge in [0.2, 0.25) is 11.7 Å². The summed E-state index contributed by atoms with van der Waals surface area (Å²) in [5, 5.41) is 23.5. The van der Waals surface area contributed by atoms with Gasteiger partial charge in [0, 0.05) is 12.6 Å². The summed E-state index contributed by atoms with van der Waals surface area (Å²) in [7, 11) is 0. The number of aliphatic hydroxyl groups excluding tert-OH is 2. The molecule has 1 aliphatic carbocycles. The molecule has 0 spiro atoms. The van der Waals surface area contributed by atoms with Crippen LogP contribution in [0.25, 0.3) is 11.2 Å². The topological polar surface area (TPSA) is 169 Å². The van der Waals surface area contributed by atoms with Crippen molar-refractivity contribution in [2.45, 2.75) is 56.8 Å². The molecule has 0 bridgehead atoms. The number of anilines is 1. The zero-order valence-electron chi connectivity index (χ0n) is 20.8. The number of nitrogen functional groups attached to an aromatic ring is 1. The van der Waals surface area contributed by atoms with E-state index in [1.54, 1.807) is 11.8 Å². The molecule has 2 amide bonds. The summed E-state index contributed by atoms with van der Waals surface area (Å²) in [6, 6.07) is 9.75. The van der Waals surface area contributed by atoms with Gasteiger partial charge >= 0.3 is 0 Å². The standard InChI is InChI=1S/C26H29N7O5/c1-2-28-25(37)22-20(35)21(36)26(38-22)33-14-29-19-23(27)30-17(31-24(19)33)9-6-12-32(16-10-11-16)18(34)13-15-7-4-3-5-8-15/h3-5,7-8,14,16,20-22,26,35-36H,2,10-13H2,1H3,(H,28,37)(H2,27,30,31)/t20?,21-,22+,26-/m1/s1. The summed E-state index contributed by atoms with van der Waals surface area (Å²) in [6.07, 6.45) is -1.68. The lowest BCUT2D eigenvalue weighted by Gasteiger charge is -2.19. The molecule has 4 atom stereocenters. The minimum atomic E-state index is -1.44. The summed E-state index contributed by atoms with van der Waals surface area (Å²) in [4.78, 5) is 39.8. The number of fused-ring (bicyclic) bond motifs is 1. The predicted molar refractivity (Wildman–Crippen MR) is 136 cm³/mol. The van der Waals surface area contributed by atoms with Crippen molar-refractivity contribution in [1.82, 2.24) is 29.7 Å². The number of carbonyl (C=O) groups excluding carboxylic acids is 2. The quantitative estimate of drug-likeness (QED) is 0.308.